The molecule has 0 bridgehead atoms. The molecule has 160 valence electrons. The third-order valence-corrected chi connectivity index (χ3v) is 6.28. The van der Waals surface area contributed by atoms with Crippen molar-refractivity contribution < 1.29 is 9.59 Å². The van der Waals surface area contributed by atoms with Crippen molar-refractivity contribution in [1.29, 1.82) is 0 Å². The fraction of sp³-hybridized carbons (Fsp3) is 0.111. The maximum atomic E-state index is 13.1. The van der Waals surface area contributed by atoms with Crippen LogP contribution in [-0.2, 0) is 16.0 Å². The molecule has 0 aromatic heterocycles. The highest BCUT2D eigenvalue weighted by atomic mass is 32.2. The van der Waals surface area contributed by atoms with E-state index in [9.17, 15) is 9.59 Å². The van der Waals surface area contributed by atoms with Crippen LogP contribution in [0.2, 0.25) is 0 Å². The Hall–Kier alpha value is -3.57. The second-order valence-corrected chi connectivity index (χ2v) is 8.53. The van der Waals surface area contributed by atoms with Crippen LogP contribution in [0.4, 0.5) is 5.69 Å². The Morgan fingerprint density at radius 3 is 2.34 bits per heavy atom. The van der Waals surface area contributed by atoms with Crippen LogP contribution < -0.4 is 10.2 Å². The van der Waals surface area contributed by atoms with Gasteiger partial charge in [-0.1, -0.05) is 90.6 Å². The van der Waals surface area contributed by atoms with E-state index in [2.05, 4.69) is 11.9 Å². The number of benzene rings is 3. The lowest BCUT2D eigenvalue weighted by atomic mass is 9.99. The molecule has 4 rings (SSSR count). The Bertz CT molecular complexity index is 1140. The fourth-order valence-electron chi connectivity index (χ4n) is 3.69. The van der Waals surface area contributed by atoms with Crippen molar-refractivity contribution in [3.8, 4) is 0 Å². The number of nitrogens with one attached hydrogen (secondary N) is 1. The minimum absolute atomic E-state index is 0.192. The topological polar surface area (TPSA) is 49.4 Å². The number of hydrogen-bond donors (Lipinski definition) is 1. The molecule has 0 aliphatic carbocycles. The van der Waals surface area contributed by atoms with Gasteiger partial charge in [0, 0.05) is 17.5 Å². The van der Waals surface area contributed by atoms with Crippen molar-refractivity contribution in [2.45, 2.75) is 17.4 Å². The van der Waals surface area contributed by atoms with E-state index >= 15 is 0 Å². The zero-order chi connectivity index (χ0) is 22.3. The number of amides is 2. The molecular formula is C27H24N2O2S. The number of hydrogen-bond acceptors (Lipinski definition) is 3. The fourth-order valence-corrected chi connectivity index (χ4v) is 4.72. The van der Waals surface area contributed by atoms with E-state index in [1.54, 1.807) is 11.0 Å². The van der Waals surface area contributed by atoms with Crippen LogP contribution in [0, 0.1) is 0 Å². The summed E-state index contributed by atoms with van der Waals surface area (Å²) in [5.74, 6) is -0.480. The van der Waals surface area contributed by atoms with Gasteiger partial charge in [-0.15, -0.1) is 6.58 Å². The summed E-state index contributed by atoms with van der Waals surface area (Å²) >= 11 is 1.32. The molecule has 0 radical (unpaired) electrons. The van der Waals surface area contributed by atoms with Crippen molar-refractivity contribution in [2.24, 2.45) is 0 Å². The Balaban J connectivity index is 1.58. The normalized spacial score (nSPS) is 15.2. The van der Waals surface area contributed by atoms with Gasteiger partial charge in [-0.05, 0) is 29.7 Å². The predicted octanol–water partition coefficient (Wildman–Crippen LogP) is 5.30. The number of anilines is 1. The van der Waals surface area contributed by atoms with Crippen LogP contribution in [-0.4, -0.2) is 18.4 Å². The first-order valence-electron chi connectivity index (χ1n) is 10.5. The molecule has 1 N–H and O–H groups in total. The number of nitrogens with zero attached hydrogens (tertiary/aromatic N) is 1. The smallest absolute Gasteiger partial charge is 0.265 e. The van der Waals surface area contributed by atoms with Gasteiger partial charge in [-0.2, -0.15) is 0 Å². The molecule has 0 fully saturated rings. The van der Waals surface area contributed by atoms with Gasteiger partial charge in [0.2, 0.25) is 5.91 Å². The van der Waals surface area contributed by atoms with Gasteiger partial charge >= 0.3 is 0 Å². The van der Waals surface area contributed by atoms with Crippen molar-refractivity contribution in [3.05, 3.63) is 120 Å². The summed E-state index contributed by atoms with van der Waals surface area (Å²) in [5.41, 5.74) is 2.99. The summed E-state index contributed by atoms with van der Waals surface area (Å²) in [7, 11) is 0. The third-order valence-electron chi connectivity index (χ3n) is 5.21. The molecule has 5 heteroatoms. The number of para-hydroxylation sites is 1. The van der Waals surface area contributed by atoms with E-state index in [0.29, 0.717) is 17.9 Å². The molecule has 4 nitrogen and oxygen atoms in total. The quantitative estimate of drug-likeness (QED) is 0.401. The molecule has 1 heterocycles. The van der Waals surface area contributed by atoms with Crippen molar-refractivity contribution in [1.82, 2.24) is 5.32 Å². The maximum absolute atomic E-state index is 13.1. The SMILES string of the molecule is C=CCN1C(=O)C(=CC(=O)NC(Cc2ccccc2)c2ccccc2)Sc2ccccc21. The van der Waals surface area contributed by atoms with E-state index in [4.69, 9.17) is 0 Å². The summed E-state index contributed by atoms with van der Waals surface area (Å²) < 4.78 is 0. The average molecular weight is 441 g/mol. The summed E-state index contributed by atoms with van der Waals surface area (Å²) in [5, 5.41) is 3.10. The van der Waals surface area contributed by atoms with Crippen molar-refractivity contribution in [3.63, 3.8) is 0 Å². The number of fused-ring (bicyclic) bond motifs is 1. The van der Waals surface area contributed by atoms with Crippen molar-refractivity contribution in [2.75, 3.05) is 11.4 Å². The lowest BCUT2D eigenvalue weighted by molar-refractivity contribution is -0.118. The summed E-state index contributed by atoms with van der Waals surface area (Å²) in [6.07, 6.45) is 3.76. The lowest BCUT2D eigenvalue weighted by Crippen LogP contribution is -2.35. The second-order valence-electron chi connectivity index (χ2n) is 7.44. The number of carbonyl (C=O) groups excluding carboxylic acids is 2. The minimum atomic E-state index is -0.288. The largest absolute Gasteiger partial charge is 0.345 e. The highest BCUT2D eigenvalue weighted by Gasteiger charge is 2.29. The first-order chi connectivity index (χ1) is 15.7. The molecular weight excluding hydrogens is 416 g/mol. The Morgan fingerprint density at radius 1 is 0.969 bits per heavy atom. The van der Waals surface area contributed by atoms with Gasteiger partial charge in [0.15, 0.2) is 0 Å². The van der Waals surface area contributed by atoms with E-state index in [1.165, 1.54) is 17.8 Å². The molecule has 0 spiro atoms. The summed E-state index contributed by atoms with van der Waals surface area (Å²) in [6, 6.07) is 27.4. The lowest BCUT2D eigenvalue weighted by Gasteiger charge is -2.29. The maximum Gasteiger partial charge on any atom is 0.265 e. The molecule has 0 saturated carbocycles. The molecule has 1 aliphatic rings. The monoisotopic (exact) mass is 440 g/mol. The van der Waals surface area contributed by atoms with E-state index < -0.39 is 0 Å². The van der Waals surface area contributed by atoms with Crippen LogP contribution in [0.15, 0.2) is 113 Å². The van der Waals surface area contributed by atoms with Crippen LogP contribution in [0.25, 0.3) is 0 Å². The van der Waals surface area contributed by atoms with Gasteiger partial charge in [0.25, 0.3) is 5.91 Å². The standard InChI is InChI=1S/C27H24N2O2S/c1-2-17-29-23-15-9-10-16-24(23)32-25(27(29)31)19-26(30)28-22(21-13-7-4-8-14-21)18-20-11-5-3-6-12-20/h2-16,19,22H,1,17-18H2,(H,28,30). The number of rotatable bonds is 7. The number of carbonyl (C=O) groups is 2. The zero-order valence-electron chi connectivity index (χ0n) is 17.6. The Kier molecular flexibility index (Phi) is 6.87. The van der Waals surface area contributed by atoms with Crippen LogP contribution in [0.3, 0.4) is 0 Å². The Morgan fingerprint density at radius 2 is 1.62 bits per heavy atom. The van der Waals surface area contributed by atoms with Crippen LogP contribution >= 0.6 is 11.8 Å². The molecule has 3 aromatic rings. The predicted molar refractivity (Wildman–Crippen MR) is 130 cm³/mol. The van der Waals surface area contributed by atoms with Gasteiger partial charge < -0.3 is 10.2 Å². The molecule has 1 aliphatic heterocycles. The summed E-state index contributed by atoms with van der Waals surface area (Å²) in [6.45, 7) is 4.15. The van der Waals surface area contributed by atoms with Crippen molar-refractivity contribution >= 4 is 29.3 Å². The third kappa shape index (κ3) is 5.01. The van der Waals surface area contributed by atoms with Gasteiger partial charge in [0.05, 0.1) is 16.6 Å². The molecule has 0 saturated heterocycles. The van der Waals surface area contributed by atoms with E-state index in [-0.39, 0.29) is 17.9 Å². The first-order valence-corrected chi connectivity index (χ1v) is 11.3. The van der Waals surface area contributed by atoms with E-state index in [1.807, 2.05) is 84.9 Å². The number of thioether (sulfide) groups is 1. The summed E-state index contributed by atoms with van der Waals surface area (Å²) in [4.78, 5) is 29.1. The Labute approximate surface area is 192 Å². The first kappa shape index (κ1) is 21.7. The highest BCUT2D eigenvalue weighted by molar-refractivity contribution is 8.04. The average Bonchev–Trinajstić information content (AvgIpc) is 2.82. The molecule has 32 heavy (non-hydrogen) atoms. The zero-order valence-corrected chi connectivity index (χ0v) is 18.4. The molecule has 2 amide bonds. The van der Waals surface area contributed by atoms with Gasteiger partial charge in [-0.3, -0.25) is 9.59 Å². The minimum Gasteiger partial charge on any atom is -0.345 e. The molecule has 1 unspecified atom stereocenters. The van der Waals surface area contributed by atoms with E-state index in [0.717, 1.165) is 21.7 Å². The second kappa shape index (κ2) is 10.2. The molecule has 3 aromatic carbocycles. The molecule has 1 atom stereocenters. The van der Waals surface area contributed by atoms with Gasteiger partial charge in [-0.25, -0.2) is 0 Å². The highest BCUT2D eigenvalue weighted by Crippen LogP contribution is 2.41. The van der Waals surface area contributed by atoms with Gasteiger partial charge in [0.1, 0.15) is 0 Å². The van der Waals surface area contributed by atoms with Crippen LogP contribution in [0.5, 0.6) is 0 Å². The van der Waals surface area contributed by atoms with Crippen LogP contribution in [0.1, 0.15) is 17.2 Å².